The Kier molecular flexibility index (Phi) is 10.9. The molecular formula is C32H37N5O7. The summed E-state index contributed by atoms with van der Waals surface area (Å²) in [6, 6.07) is 14.5. The van der Waals surface area contributed by atoms with Gasteiger partial charge in [0.2, 0.25) is 11.8 Å². The van der Waals surface area contributed by atoms with Crippen LogP contribution in [0.2, 0.25) is 0 Å². The van der Waals surface area contributed by atoms with Crippen molar-refractivity contribution in [2.24, 2.45) is 5.92 Å². The maximum absolute atomic E-state index is 13.0. The lowest BCUT2D eigenvalue weighted by molar-refractivity contribution is -0.143. The lowest BCUT2D eigenvalue weighted by atomic mass is 9.97. The van der Waals surface area contributed by atoms with Crippen molar-refractivity contribution in [1.82, 2.24) is 9.88 Å². The second kappa shape index (κ2) is 15.0. The molecule has 1 unspecified atom stereocenters. The number of benzene rings is 2. The molecule has 4 amide bonds. The molecular weight excluding hydrogens is 566 g/mol. The smallest absolute Gasteiger partial charge is 0.323 e. The maximum Gasteiger partial charge on any atom is 0.323 e. The number of hydrogen-bond acceptors (Lipinski definition) is 7. The number of rotatable bonds is 11. The van der Waals surface area contributed by atoms with E-state index in [4.69, 9.17) is 9.47 Å². The number of carbonyl (C=O) groups is 4. The van der Waals surface area contributed by atoms with Crippen LogP contribution in [-0.4, -0.2) is 66.2 Å². The second-order valence-electron chi connectivity index (χ2n) is 10.6. The van der Waals surface area contributed by atoms with E-state index < -0.39 is 18.0 Å². The molecule has 12 nitrogen and oxygen atoms in total. The highest BCUT2D eigenvalue weighted by Crippen LogP contribution is 2.28. The van der Waals surface area contributed by atoms with Crippen molar-refractivity contribution in [3.8, 4) is 5.75 Å². The van der Waals surface area contributed by atoms with Crippen LogP contribution in [0.4, 0.5) is 21.9 Å². The first-order valence-electron chi connectivity index (χ1n) is 14.3. The van der Waals surface area contributed by atoms with Crippen molar-refractivity contribution in [2.45, 2.75) is 38.6 Å². The van der Waals surface area contributed by atoms with E-state index in [9.17, 15) is 24.3 Å². The highest BCUT2D eigenvalue weighted by Gasteiger charge is 2.31. The minimum atomic E-state index is -1.05. The molecule has 1 aliphatic rings. The van der Waals surface area contributed by atoms with Gasteiger partial charge in [-0.25, -0.2) is 4.79 Å². The number of aryl methyl sites for hydroxylation is 1. The van der Waals surface area contributed by atoms with Gasteiger partial charge in [0, 0.05) is 31.9 Å². The lowest BCUT2D eigenvalue weighted by Crippen LogP contribution is -2.39. The Balaban J connectivity index is 1.37. The van der Waals surface area contributed by atoms with E-state index >= 15 is 0 Å². The van der Waals surface area contributed by atoms with Crippen LogP contribution in [0.15, 0.2) is 60.8 Å². The molecule has 1 atom stereocenters. The minimum Gasteiger partial charge on any atom is -0.495 e. The molecule has 3 aromatic rings. The topological polar surface area (TPSA) is 159 Å². The van der Waals surface area contributed by atoms with Gasteiger partial charge in [-0.05, 0) is 61.2 Å². The summed E-state index contributed by atoms with van der Waals surface area (Å²) in [5, 5.41) is 17.8. The Morgan fingerprint density at radius 3 is 2.41 bits per heavy atom. The van der Waals surface area contributed by atoms with E-state index in [2.05, 4.69) is 20.9 Å². The number of nitrogens with zero attached hydrogens (tertiary/aromatic N) is 2. The second-order valence-corrected chi connectivity index (χ2v) is 10.6. The third kappa shape index (κ3) is 8.54. The molecule has 0 radical (unpaired) electrons. The van der Waals surface area contributed by atoms with Gasteiger partial charge in [-0.2, -0.15) is 0 Å². The number of amides is 4. The van der Waals surface area contributed by atoms with Crippen molar-refractivity contribution >= 4 is 40.9 Å². The number of nitrogens with one attached hydrogen (secondary N) is 3. The zero-order chi connectivity index (χ0) is 31.6. The van der Waals surface area contributed by atoms with E-state index in [0.29, 0.717) is 60.1 Å². The molecule has 2 aromatic carbocycles. The number of para-hydroxylation sites is 1. The number of ether oxygens (including phenoxy) is 2. The van der Waals surface area contributed by atoms with Gasteiger partial charge in [-0.15, -0.1) is 0 Å². The monoisotopic (exact) mass is 603 g/mol. The van der Waals surface area contributed by atoms with Crippen molar-refractivity contribution in [3.63, 3.8) is 0 Å². The average molecular weight is 604 g/mol. The van der Waals surface area contributed by atoms with Gasteiger partial charge in [0.05, 0.1) is 49.3 Å². The Labute approximate surface area is 255 Å². The number of carboxylic acid groups (broad SMARTS) is 1. The Hall–Kier alpha value is -4.97. The minimum absolute atomic E-state index is 0.0256. The van der Waals surface area contributed by atoms with Crippen molar-refractivity contribution in [2.75, 3.05) is 43.3 Å². The molecule has 1 fully saturated rings. The number of aliphatic carboxylic acids is 1. The van der Waals surface area contributed by atoms with Gasteiger partial charge in [0.25, 0.3) is 0 Å². The van der Waals surface area contributed by atoms with Crippen LogP contribution in [0.5, 0.6) is 5.75 Å². The number of urea groups is 1. The summed E-state index contributed by atoms with van der Waals surface area (Å²) in [7, 11) is 3.07. The number of aromatic nitrogens is 1. The molecule has 232 valence electrons. The number of carbonyl (C=O) groups excluding carboxylic acids is 3. The fourth-order valence-electron chi connectivity index (χ4n) is 5.00. The molecule has 44 heavy (non-hydrogen) atoms. The predicted octanol–water partition coefficient (Wildman–Crippen LogP) is 4.62. The number of pyridine rings is 1. The first kappa shape index (κ1) is 32.0. The number of hydrogen-bond donors (Lipinski definition) is 4. The normalized spacial score (nSPS) is 13.8. The first-order chi connectivity index (χ1) is 21.1. The zero-order valence-electron chi connectivity index (χ0n) is 25.0. The highest BCUT2D eigenvalue weighted by atomic mass is 16.5. The van der Waals surface area contributed by atoms with Crippen LogP contribution in [0.25, 0.3) is 0 Å². The van der Waals surface area contributed by atoms with E-state index in [-0.39, 0.29) is 30.6 Å². The molecule has 1 aromatic heterocycles. The summed E-state index contributed by atoms with van der Waals surface area (Å²) in [4.78, 5) is 55.8. The Morgan fingerprint density at radius 2 is 1.75 bits per heavy atom. The van der Waals surface area contributed by atoms with E-state index in [1.165, 1.54) is 18.2 Å². The number of carboxylic acids is 1. The van der Waals surface area contributed by atoms with Gasteiger partial charge in [0.1, 0.15) is 5.75 Å². The van der Waals surface area contributed by atoms with Gasteiger partial charge in [-0.1, -0.05) is 24.3 Å². The van der Waals surface area contributed by atoms with Crippen LogP contribution >= 0.6 is 0 Å². The first-order valence-corrected chi connectivity index (χ1v) is 14.3. The number of anilines is 3. The average Bonchev–Trinajstić information content (AvgIpc) is 3.01. The van der Waals surface area contributed by atoms with Crippen molar-refractivity contribution < 1.29 is 33.8 Å². The highest BCUT2D eigenvalue weighted by molar-refractivity contribution is 6.01. The summed E-state index contributed by atoms with van der Waals surface area (Å²) in [5.74, 6) is -1.33. The van der Waals surface area contributed by atoms with Crippen LogP contribution < -0.4 is 20.7 Å². The summed E-state index contributed by atoms with van der Waals surface area (Å²) in [6.07, 6.45) is 2.35. The van der Waals surface area contributed by atoms with Crippen molar-refractivity contribution in [1.29, 1.82) is 0 Å². The third-order valence-corrected chi connectivity index (χ3v) is 7.44. The van der Waals surface area contributed by atoms with Gasteiger partial charge >= 0.3 is 12.0 Å². The zero-order valence-corrected chi connectivity index (χ0v) is 25.0. The Bertz CT molecular complexity index is 1490. The quantitative estimate of drug-likeness (QED) is 0.247. The SMILES string of the molecule is COc1cc(CC(=O)Nc2ccc(C(CC(=O)O)N(C)C(=O)C3CCOCC3)nc2)ccc1NC(=O)Nc1ccccc1C. The molecule has 0 spiro atoms. The summed E-state index contributed by atoms with van der Waals surface area (Å²) < 4.78 is 10.8. The Morgan fingerprint density at radius 1 is 1.02 bits per heavy atom. The lowest BCUT2D eigenvalue weighted by Gasteiger charge is -2.31. The fraction of sp³-hybridized carbons (Fsp3) is 0.344. The molecule has 4 N–H and O–H groups in total. The molecule has 0 saturated carbocycles. The summed E-state index contributed by atoms with van der Waals surface area (Å²) >= 11 is 0. The van der Waals surface area contributed by atoms with Crippen LogP contribution in [0.1, 0.15) is 42.1 Å². The molecule has 0 bridgehead atoms. The van der Waals surface area contributed by atoms with Crippen LogP contribution in [0.3, 0.4) is 0 Å². The molecule has 4 rings (SSSR count). The van der Waals surface area contributed by atoms with Gasteiger partial charge in [-0.3, -0.25) is 19.4 Å². The molecule has 1 saturated heterocycles. The summed E-state index contributed by atoms with van der Waals surface area (Å²) in [6.45, 7) is 2.90. The standard InChI is InChI=1S/C32H37N5O7/c1-20-6-4-5-7-24(20)35-32(42)36-26-10-8-21(16-28(26)43-3)17-29(38)34-23-9-11-25(33-19-23)27(18-30(39)40)37(2)31(41)22-12-14-44-15-13-22/h4-11,16,19,22,27H,12-15,17-18H2,1-3H3,(H,34,38)(H,39,40)(H2,35,36,42). The fourth-order valence-corrected chi connectivity index (χ4v) is 5.00. The molecule has 1 aliphatic heterocycles. The molecule has 2 heterocycles. The maximum atomic E-state index is 13.0. The molecule has 0 aliphatic carbocycles. The summed E-state index contributed by atoms with van der Waals surface area (Å²) in [5.41, 5.74) is 3.54. The third-order valence-electron chi connectivity index (χ3n) is 7.44. The predicted molar refractivity (Wildman–Crippen MR) is 165 cm³/mol. The van der Waals surface area contributed by atoms with Gasteiger partial charge in [0.15, 0.2) is 0 Å². The van der Waals surface area contributed by atoms with Crippen LogP contribution in [0, 0.1) is 12.8 Å². The number of methoxy groups -OCH3 is 1. The van der Waals surface area contributed by atoms with E-state index in [1.54, 1.807) is 43.4 Å². The van der Waals surface area contributed by atoms with Gasteiger partial charge < -0.3 is 35.4 Å². The molecule has 12 heteroatoms. The van der Waals surface area contributed by atoms with Crippen LogP contribution in [-0.2, 0) is 25.5 Å². The van der Waals surface area contributed by atoms with E-state index in [1.807, 2.05) is 25.1 Å². The van der Waals surface area contributed by atoms with E-state index in [0.717, 1.165) is 5.56 Å². The largest absolute Gasteiger partial charge is 0.495 e. The van der Waals surface area contributed by atoms with Crippen molar-refractivity contribution in [3.05, 3.63) is 77.6 Å².